The van der Waals surface area contributed by atoms with Crippen molar-refractivity contribution in [1.29, 1.82) is 0 Å². The van der Waals surface area contributed by atoms with Crippen LogP contribution in [0, 0.1) is 0 Å². The summed E-state index contributed by atoms with van der Waals surface area (Å²) in [6.07, 6.45) is 1.70. The molecule has 0 aliphatic carbocycles. The predicted octanol–water partition coefficient (Wildman–Crippen LogP) is -0.241. The maximum atomic E-state index is 12.4. The Labute approximate surface area is 164 Å². The number of piperazine rings is 1. The van der Waals surface area contributed by atoms with E-state index in [2.05, 4.69) is 10.3 Å². The number of aliphatic imine (C=N–C) groups is 1. The van der Waals surface area contributed by atoms with Gasteiger partial charge in [-0.25, -0.2) is 16.8 Å². The highest BCUT2D eigenvalue weighted by molar-refractivity contribution is 7.90. The molecule has 0 aromatic rings. The number of hydrogen-bond donors (Lipinski definition) is 1. The normalized spacial score (nSPS) is 17.5. The Hall–Kier alpha value is -0.910. The van der Waals surface area contributed by atoms with Crippen molar-refractivity contribution in [3.8, 4) is 0 Å². The largest absolute Gasteiger partial charge is 0.378 e. The third kappa shape index (κ3) is 9.72. The molecule has 160 valence electrons. The van der Waals surface area contributed by atoms with Gasteiger partial charge in [-0.3, -0.25) is 4.99 Å². The first-order valence-corrected chi connectivity index (χ1v) is 13.0. The average molecular weight is 427 g/mol. The van der Waals surface area contributed by atoms with Gasteiger partial charge in [0.25, 0.3) is 0 Å². The van der Waals surface area contributed by atoms with Crippen LogP contribution in [0.5, 0.6) is 0 Å². The first-order valence-electron chi connectivity index (χ1n) is 9.35. The van der Waals surface area contributed by atoms with E-state index in [0.717, 1.165) is 0 Å². The van der Waals surface area contributed by atoms with E-state index in [-0.39, 0.29) is 24.2 Å². The molecule has 0 bridgehead atoms. The van der Waals surface area contributed by atoms with Crippen LogP contribution in [0.15, 0.2) is 4.99 Å². The van der Waals surface area contributed by atoms with Crippen molar-refractivity contribution in [3.63, 3.8) is 0 Å². The Morgan fingerprint density at radius 1 is 1.11 bits per heavy atom. The lowest BCUT2D eigenvalue weighted by Crippen LogP contribution is -2.54. The van der Waals surface area contributed by atoms with E-state index in [4.69, 9.17) is 4.74 Å². The average Bonchev–Trinajstić information content (AvgIpc) is 2.56. The van der Waals surface area contributed by atoms with Crippen molar-refractivity contribution < 1.29 is 21.6 Å². The zero-order valence-electron chi connectivity index (χ0n) is 16.8. The van der Waals surface area contributed by atoms with Crippen LogP contribution in [0.1, 0.15) is 27.2 Å². The van der Waals surface area contributed by atoms with Gasteiger partial charge in [-0.05, 0) is 27.2 Å². The summed E-state index contributed by atoms with van der Waals surface area (Å²) in [6, 6.07) is 0. The minimum Gasteiger partial charge on any atom is -0.378 e. The van der Waals surface area contributed by atoms with Crippen LogP contribution in [-0.2, 0) is 24.6 Å². The number of hydrogen-bond acceptors (Lipinski definition) is 6. The van der Waals surface area contributed by atoms with Gasteiger partial charge in [0.2, 0.25) is 10.0 Å². The summed E-state index contributed by atoms with van der Waals surface area (Å²) in [5, 5.41) is 3.19. The minimum atomic E-state index is -3.32. The molecule has 0 spiro atoms. The van der Waals surface area contributed by atoms with Gasteiger partial charge >= 0.3 is 0 Å². The fraction of sp³-hybridized carbons (Fsp3) is 0.938. The number of sulfone groups is 1. The highest BCUT2D eigenvalue weighted by Crippen LogP contribution is 2.09. The van der Waals surface area contributed by atoms with Gasteiger partial charge in [0.15, 0.2) is 5.96 Å². The van der Waals surface area contributed by atoms with Crippen molar-refractivity contribution in [3.05, 3.63) is 0 Å². The number of nitrogens with one attached hydrogen (secondary N) is 1. The second-order valence-electron chi connectivity index (χ2n) is 6.84. The van der Waals surface area contributed by atoms with Crippen LogP contribution in [0.4, 0.5) is 0 Å². The van der Waals surface area contributed by atoms with Gasteiger partial charge in [-0.15, -0.1) is 0 Å². The molecule has 0 aromatic carbocycles. The molecule has 0 unspecified atom stereocenters. The first kappa shape index (κ1) is 24.1. The predicted molar refractivity (Wildman–Crippen MR) is 108 cm³/mol. The van der Waals surface area contributed by atoms with E-state index in [1.807, 2.05) is 25.7 Å². The van der Waals surface area contributed by atoms with Gasteiger partial charge in [0, 0.05) is 45.5 Å². The topological polar surface area (TPSA) is 108 Å². The Morgan fingerprint density at radius 2 is 1.74 bits per heavy atom. The summed E-state index contributed by atoms with van der Waals surface area (Å²) in [6.45, 7) is 8.91. The Morgan fingerprint density at radius 3 is 2.26 bits per heavy atom. The lowest BCUT2D eigenvalue weighted by atomic mass is 10.4. The van der Waals surface area contributed by atoms with Gasteiger partial charge in [-0.2, -0.15) is 4.31 Å². The van der Waals surface area contributed by atoms with Crippen LogP contribution < -0.4 is 5.32 Å². The fourth-order valence-corrected chi connectivity index (χ4v) is 4.57. The summed E-state index contributed by atoms with van der Waals surface area (Å²) >= 11 is 0. The molecule has 0 atom stereocenters. The quantitative estimate of drug-likeness (QED) is 0.292. The molecule has 27 heavy (non-hydrogen) atoms. The monoisotopic (exact) mass is 426 g/mol. The molecular formula is C16H34N4O5S2. The van der Waals surface area contributed by atoms with Gasteiger partial charge in [0.1, 0.15) is 9.84 Å². The van der Waals surface area contributed by atoms with Crippen molar-refractivity contribution in [2.75, 3.05) is 63.6 Å². The maximum Gasteiger partial charge on any atom is 0.216 e. The lowest BCUT2D eigenvalue weighted by molar-refractivity contribution is 0.0904. The Kier molecular flexibility index (Phi) is 9.99. The third-order valence-corrected chi connectivity index (χ3v) is 6.86. The summed E-state index contributed by atoms with van der Waals surface area (Å²) in [5.41, 5.74) is 0. The molecule has 0 saturated carbocycles. The van der Waals surface area contributed by atoms with E-state index in [0.29, 0.717) is 51.6 Å². The van der Waals surface area contributed by atoms with E-state index in [1.54, 1.807) is 0 Å². The van der Waals surface area contributed by atoms with Gasteiger partial charge in [0.05, 0.1) is 24.2 Å². The van der Waals surface area contributed by atoms with E-state index in [1.165, 1.54) is 10.6 Å². The van der Waals surface area contributed by atoms with Crippen LogP contribution in [0.3, 0.4) is 0 Å². The zero-order chi connectivity index (χ0) is 20.5. The van der Waals surface area contributed by atoms with Crippen LogP contribution in [0.2, 0.25) is 0 Å². The second kappa shape index (κ2) is 11.2. The van der Waals surface area contributed by atoms with E-state index >= 15 is 0 Å². The molecule has 0 radical (unpaired) electrons. The maximum absolute atomic E-state index is 12.4. The number of guanidine groups is 1. The number of ether oxygens (including phenoxy) is 1. The molecular weight excluding hydrogens is 392 g/mol. The molecule has 1 aliphatic rings. The van der Waals surface area contributed by atoms with Crippen molar-refractivity contribution in [1.82, 2.24) is 14.5 Å². The standard InChI is InChI=1S/C16H34N4O5S2/c1-5-17-16(18-7-6-13-26(4,21)22)19-8-10-20(11-9-19)27(23,24)14-12-25-15(2)3/h15H,5-14H2,1-4H3,(H,17,18). The number of sulfonamides is 1. The summed E-state index contributed by atoms with van der Waals surface area (Å²) in [5.74, 6) is 0.803. The summed E-state index contributed by atoms with van der Waals surface area (Å²) in [7, 11) is -6.31. The highest BCUT2D eigenvalue weighted by Gasteiger charge is 2.27. The van der Waals surface area contributed by atoms with E-state index in [9.17, 15) is 16.8 Å². The van der Waals surface area contributed by atoms with Crippen molar-refractivity contribution >= 4 is 25.8 Å². The highest BCUT2D eigenvalue weighted by atomic mass is 32.2. The zero-order valence-corrected chi connectivity index (χ0v) is 18.5. The Bertz CT molecular complexity index is 669. The number of nitrogens with zero attached hydrogens (tertiary/aromatic N) is 3. The second-order valence-corrected chi connectivity index (χ2v) is 11.2. The van der Waals surface area contributed by atoms with Gasteiger partial charge < -0.3 is 15.0 Å². The smallest absolute Gasteiger partial charge is 0.216 e. The molecule has 0 aromatic heterocycles. The molecule has 1 saturated heterocycles. The van der Waals surface area contributed by atoms with Crippen molar-refractivity contribution in [2.24, 2.45) is 4.99 Å². The minimum absolute atomic E-state index is 0.00910. The Balaban J connectivity index is 2.55. The van der Waals surface area contributed by atoms with Gasteiger partial charge in [-0.1, -0.05) is 0 Å². The molecule has 1 heterocycles. The molecule has 1 fully saturated rings. The molecule has 1 N–H and O–H groups in total. The first-order chi connectivity index (χ1) is 12.5. The molecule has 0 amide bonds. The van der Waals surface area contributed by atoms with E-state index < -0.39 is 19.9 Å². The van der Waals surface area contributed by atoms with Crippen LogP contribution in [-0.4, -0.2) is 102 Å². The van der Waals surface area contributed by atoms with Crippen LogP contribution >= 0.6 is 0 Å². The van der Waals surface area contributed by atoms with Crippen LogP contribution in [0.25, 0.3) is 0 Å². The van der Waals surface area contributed by atoms with Crippen molar-refractivity contribution in [2.45, 2.75) is 33.3 Å². The lowest BCUT2D eigenvalue weighted by Gasteiger charge is -2.35. The SMILES string of the molecule is CCNC(=NCCCS(C)(=O)=O)N1CCN(S(=O)(=O)CCOC(C)C)CC1. The fourth-order valence-electron chi connectivity index (χ4n) is 2.63. The molecule has 9 nitrogen and oxygen atoms in total. The molecule has 11 heteroatoms. The summed E-state index contributed by atoms with van der Waals surface area (Å²) in [4.78, 5) is 6.49. The number of rotatable bonds is 10. The third-order valence-electron chi connectivity index (χ3n) is 3.99. The summed E-state index contributed by atoms with van der Waals surface area (Å²) < 4.78 is 54.0. The molecule has 1 rings (SSSR count). The molecule has 1 aliphatic heterocycles.